The third-order valence-corrected chi connectivity index (χ3v) is 9.34. The zero-order chi connectivity index (χ0) is 20.8. The molecule has 0 radical (unpaired) electrons. The van der Waals surface area contributed by atoms with Gasteiger partial charge in [-0.1, -0.05) is 6.07 Å². The second-order valence-electron chi connectivity index (χ2n) is 7.75. The third-order valence-electron chi connectivity index (χ3n) is 5.79. The lowest BCUT2D eigenvalue weighted by atomic mass is 10.2. The second kappa shape index (κ2) is 7.57. The number of thioether (sulfide) groups is 1. The molecule has 0 aromatic heterocycles. The molecular formula is C19H25N3O5S2. The summed E-state index contributed by atoms with van der Waals surface area (Å²) >= 11 is 1.62. The van der Waals surface area contributed by atoms with Gasteiger partial charge in [-0.3, -0.25) is 9.59 Å². The minimum atomic E-state index is -3.67. The number of rotatable bonds is 4. The number of hydrogen-bond donors (Lipinski definition) is 1. The number of morpholine rings is 1. The maximum absolute atomic E-state index is 13.0. The minimum Gasteiger partial charge on any atom is -0.379 e. The van der Waals surface area contributed by atoms with Gasteiger partial charge in [0.05, 0.1) is 23.0 Å². The molecule has 0 bridgehead atoms. The summed E-state index contributed by atoms with van der Waals surface area (Å²) < 4.78 is 32.7. The molecule has 0 spiro atoms. The molecule has 0 aliphatic carbocycles. The number of nitrogens with one attached hydrogen (secondary N) is 1. The number of benzene rings is 1. The number of ether oxygens (including phenoxy) is 1. The van der Waals surface area contributed by atoms with Crippen molar-refractivity contribution in [2.45, 2.75) is 42.5 Å². The van der Waals surface area contributed by atoms with Crippen LogP contribution in [0.25, 0.3) is 0 Å². The predicted octanol–water partition coefficient (Wildman–Crippen LogP) is 1.41. The van der Waals surface area contributed by atoms with Gasteiger partial charge in [0.15, 0.2) is 0 Å². The number of amides is 2. The smallest absolute Gasteiger partial charge is 0.248 e. The highest BCUT2D eigenvalue weighted by Crippen LogP contribution is 2.47. The lowest BCUT2D eigenvalue weighted by Gasteiger charge is -2.30. The number of anilines is 1. The van der Waals surface area contributed by atoms with Crippen LogP contribution in [0.1, 0.15) is 25.3 Å². The van der Waals surface area contributed by atoms with E-state index in [1.807, 2.05) is 6.92 Å². The van der Waals surface area contributed by atoms with E-state index in [1.54, 1.807) is 35.7 Å². The van der Waals surface area contributed by atoms with Crippen molar-refractivity contribution in [1.29, 1.82) is 0 Å². The topological polar surface area (TPSA) is 96.0 Å². The number of aryl methyl sites for hydroxylation is 1. The van der Waals surface area contributed by atoms with E-state index in [1.165, 1.54) is 10.4 Å². The maximum Gasteiger partial charge on any atom is 0.248 e. The van der Waals surface area contributed by atoms with E-state index in [-0.39, 0.29) is 21.6 Å². The number of sulfonamides is 1. The Morgan fingerprint density at radius 2 is 2.03 bits per heavy atom. The molecule has 0 saturated carbocycles. The molecule has 3 aliphatic heterocycles. The molecule has 0 unspecified atom stereocenters. The van der Waals surface area contributed by atoms with Gasteiger partial charge in [0.25, 0.3) is 0 Å². The number of carbonyl (C=O) groups excluding carboxylic acids is 2. The van der Waals surface area contributed by atoms with E-state index in [0.717, 1.165) is 6.42 Å². The van der Waals surface area contributed by atoms with E-state index in [0.29, 0.717) is 49.7 Å². The molecule has 2 atom stereocenters. The summed E-state index contributed by atoms with van der Waals surface area (Å²) in [7, 11) is -3.67. The largest absolute Gasteiger partial charge is 0.379 e. The molecule has 8 nitrogen and oxygen atoms in total. The molecule has 1 N–H and O–H groups in total. The van der Waals surface area contributed by atoms with Crippen molar-refractivity contribution >= 4 is 39.3 Å². The predicted molar refractivity (Wildman–Crippen MR) is 110 cm³/mol. The molecule has 10 heteroatoms. The van der Waals surface area contributed by atoms with Gasteiger partial charge in [0.2, 0.25) is 21.8 Å². The normalized spacial score (nSPS) is 27.9. The average Bonchev–Trinajstić information content (AvgIpc) is 3.20. The van der Waals surface area contributed by atoms with Crippen molar-refractivity contribution < 1.29 is 22.7 Å². The van der Waals surface area contributed by atoms with Crippen LogP contribution in [0.15, 0.2) is 23.1 Å². The molecule has 1 aromatic rings. The van der Waals surface area contributed by atoms with Gasteiger partial charge < -0.3 is 15.0 Å². The van der Waals surface area contributed by atoms with Crippen LogP contribution in [-0.2, 0) is 24.3 Å². The van der Waals surface area contributed by atoms with Crippen LogP contribution in [-0.4, -0.2) is 72.4 Å². The van der Waals surface area contributed by atoms with Crippen molar-refractivity contribution in [1.82, 2.24) is 9.21 Å². The van der Waals surface area contributed by atoms with Gasteiger partial charge >= 0.3 is 0 Å². The van der Waals surface area contributed by atoms with E-state index in [2.05, 4.69) is 5.32 Å². The molecule has 29 heavy (non-hydrogen) atoms. The van der Waals surface area contributed by atoms with Crippen molar-refractivity contribution in [2.75, 3.05) is 37.4 Å². The van der Waals surface area contributed by atoms with Gasteiger partial charge in [-0.2, -0.15) is 4.31 Å². The molecule has 1 aromatic carbocycles. The standard InChI is InChI=1S/C19H25N3O5S2/c1-13-3-4-14(11-16(13)29(25,26)21-7-9-27-10-8-21)20-18(24)15-12-28-19(2)6-5-17(23)22(15)19/h3-4,11,15H,5-10,12H2,1-2H3,(H,20,24)/t15-,19+/m1/s1. The second-order valence-corrected chi connectivity index (χ2v) is 11.2. The first-order valence-corrected chi connectivity index (χ1v) is 12.1. The zero-order valence-electron chi connectivity index (χ0n) is 16.5. The average molecular weight is 440 g/mol. The Labute approximate surface area is 175 Å². The van der Waals surface area contributed by atoms with E-state index in [9.17, 15) is 18.0 Å². The van der Waals surface area contributed by atoms with Crippen molar-refractivity contribution in [3.63, 3.8) is 0 Å². The number of carbonyl (C=O) groups is 2. The fourth-order valence-corrected chi connectivity index (χ4v) is 7.21. The molecule has 3 aliphatic rings. The highest BCUT2D eigenvalue weighted by atomic mass is 32.2. The van der Waals surface area contributed by atoms with Crippen LogP contribution in [0.3, 0.4) is 0 Å². The Balaban J connectivity index is 1.55. The van der Waals surface area contributed by atoms with E-state index in [4.69, 9.17) is 4.74 Å². The fourth-order valence-electron chi connectivity index (χ4n) is 4.12. The third kappa shape index (κ3) is 3.67. The summed E-state index contributed by atoms with van der Waals surface area (Å²) in [6.07, 6.45) is 1.20. The summed E-state index contributed by atoms with van der Waals surface area (Å²) in [5.41, 5.74) is 1.03. The van der Waals surface area contributed by atoms with Crippen LogP contribution in [0.4, 0.5) is 5.69 Å². The first kappa shape index (κ1) is 20.6. The Morgan fingerprint density at radius 3 is 2.76 bits per heavy atom. The quantitative estimate of drug-likeness (QED) is 0.762. The summed E-state index contributed by atoms with van der Waals surface area (Å²) in [4.78, 5) is 26.7. The van der Waals surface area contributed by atoms with Gasteiger partial charge in [-0.15, -0.1) is 11.8 Å². The lowest BCUT2D eigenvalue weighted by Crippen LogP contribution is -2.48. The number of nitrogens with zero attached hydrogens (tertiary/aromatic N) is 2. The summed E-state index contributed by atoms with van der Waals surface area (Å²) in [6, 6.07) is 4.35. The Bertz CT molecular complexity index is 945. The van der Waals surface area contributed by atoms with E-state index >= 15 is 0 Å². The number of fused-ring (bicyclic) bond motifs is 1. The first-order valence-electron chi connectivity index (χ1n) is 9.68. The Morgan fingerprint density at radius 1 is 1.31 bits per heavy atom. The molecule has 158 valence electrons. The molecule has 2 amide bonds. The van der Waals surface area contributed by atoms with Crippen molar-refractivity contribution in [3.05, 3.63) is 23.8 Å². The minimum absolute atomic E-state index is 0.00265. The van der Waals surface area contributed by atoms with E-state index < -0.39 is 16.1 Å². The van der Waals surface area contributed by atoms with Gasteiger partial charge in [0.1, 0.15) is 6.04 Å². The molecule has 4 rings (SSSR count). The zero-order valence-corrected chi connectivity index (χ0v) is 18.1. The Hall–Kier alpha value is -1.62. The summed E-state index contributed by atoms with van der Waals surface area (Å²) in [6.45, 7) is 5.10. The van der Waals surface area contributed by atoms with Gasteiger partial charge in [-0.25, -0.2) is 8.42 Å². The maximum atomic E-state index is 13.0. The molecule has 3 fully saturated rings. The molecule has 3 saturated heterocycles. The molecule has 3 heterocycles. The first-order chi connectivity index (χ1) is 13.7. The van der Waals surface area contributed by atoms with Crippen LogP contribution < -0.4 is 5.32 Å². The number of hydrogen-bond acceptors (Lipinski definition) is 6. The SMILES string of the molecule is Cc1ccc(NC(=O)[C@H]2CS[C@@]3(C)CCC(=O)N23)cc1S(=O)(=O)N1CCOCC1. The fraction of sp³-hybridized carbons (Fsp3) is 0.579. The summed E-state index contributed by atoms with van der Waals surface area (Å²) in [5, 5.41) is 2.82. The molecular weight excluding hydrogens is 414 g/mol. The Kier molecular flexibility index (Phi) is 5.39. The lowest BCUT2D eigenvalue weighted by molar-refractivity contribution is -0.135. The van der Waals surface area contributed by atoms with Crippen LogP contribution in [0.2, 0.25) is 0 Å². The summed E-state index contributed by atoms with van der Waals surface area (Å²) in [5.74, 6) is 0.256. The van der Waals surface area contributed by atoms with Crippen molar-refractivity contribution in [3.8, 4) is 0 Å². The highest BCUT2D eigenvalue weighted by Gasteiger charge is 2.52. The highest BCUT2D eigenvalue weighted by molar-refractivity contribution is 8.01. The van der Waals surface area contributed by atoms with Gasteiger partial charge in [-0.05, 0) is 38.0 Å². The monoisotopic (exact) mass is 439 g/mol. The van der Waals surface area contributed by atoms with Crippen LogP contribution in [0, 0.1) is 6.92 Å². The van der Waals surface area contributed by atoms with Gasteiger partial charge in [0, 0.05) is 31.0 Å². The van der Waals surface area contributed by atoms with Crippen molar-refractivity contribution in [2.24, 2.45) is 0 Å². The van der Waals surface area contributed by atoms with Crippen LogP contribution in [0.5, 0.6) is 0 Å². The van der Waals surface area contributed by atoms with Crippen LogP contribution >= 0.6 is 11.8 Å².